The van der Waals surface area contributed by atoms with Crippen LogP contribution in [0.4, 0.5) is 5.82 Å². The number of thiazole rings is 1. The molecule has 21 heavy (non-hydrogen) atoms. The Morgan fingerprint density at radius 2 is 2.33 bits per heavy atom. The quantitative estimate of drug-likeness (QED) is 0.446. The molecule has 2 aromatic rings. The molecule has 0 bridgehead atoms. The number of rotatable bonds is 7. The molecule has 0 aliphatic carbocycles. The average molecular weight is 306 g/mol. The van der Waals surface area contributed by atoms with E-state index in [4.69, 9.17) is 10.5 Å². The highest BCUT2D eigenvalue weighted by Crippen LogP contribution is 2.17. The monoisotopic (exact) mass is 306 g/mol. The third-order valence-corrected chi connectivity index (χ3v) is 4.25. The number of carbonyl (C=O) groups is 1. The minimum Gasteiger partial charge on any atom is -0.482 e. The Kier molecular flexibility index (Phi) is 5.21. The highest BCUT2D eigenvalue weighted by Gasteiger charge is 2.18. The minimum atomic E-state index is 0.272. The first-order valence-corrected chi connectivity index (χ1v) is 7.61. The predicted octanol–water partition coefficient (Wildman–Crippen LogP) is 2.14. The van der Waals surface area contributed by atoms with Gasteiger partial charge in [-0.2, -0.15) is 4.57 Å². The van der Waals surface area contributed by atoms with Crippen molar-refractivity contribution in [2.75, 3.05) is 6.61 Å². The van der Waals surface area contributed by atoms with E-state index in [0.717, 1.165) is 18.4 Å². The van der Waals surface area contributed by atoms with Crippen molar-refractivity contribution in [1.29, 1.82) is 0 Å². The maximum absolute atomic E-state index is 10.2. The van der Waals surface area contributed by atoms with Gasteiger partial charge in [-0.05, 0) is 6.92 Å². The van der Waals surface area contributed by atoms with E-state index in [-0.39, 0.29) is 5.82 Å². The van der Waals surface area contributed by atoms with Crippen LogP contribution in [-0.4, -0.2) is 23.0 Å². The van der Waals surface area contributed by atoms with Crippen molar-refractivity contribution in [2.24, 2.45) is 0 Å². The van der Waals surface area contributed by atoms with E-state index < -0.39 is 0 Å². The van der Waals surface area contributed by atoms with Crippen molar-refractivity contribution in [3.63, 3.8) is 0 Å². The fraction of sp³-hybridized carbons (Fsp3) is 0.429. The van der Waals surface area contributed by atoms with Gasteiger partial charge in [0.2, 0.25) is 5.51 Å². The largest absolute Gasteiger partial charge is 0.482 e. The molecule has 112 valence electrons. The van der Waals surface area contributed by atoms with E-state index in [9.17, 15) is 4.79 Å². The molecule has 0 aromatic carbocycles. The molecule has 0 aliphatic rings. The van der Waals surface area contributed by atoms with Gasteiger partial charge in [0.15, 0.2) is 12.2 Å². The molecule has 0 fully saturated rings. The van der Waals surface area contributed by atoms with Crippen LogP contribution in [-0.2, 0) is 28.9 Å². The maximum atomic E-state index is 10.2. The van der Waals surface area contributed by atoms with Crippen LogP contribution in [0.1, 0.15) is 28.9 Å². The van der Waals surface area contributed by atoms with Gasteiger partial charge in [-0.15, -0.1) is 0 Å². The summed E-state index contributed by atoms with van der Waals surface area (Å²) in [5.41, 5.74) is 12.0. The number of ether oxygens (including phenoxy) is 1. The molecular formula is C14H18N4O2S. The zero-order valence-electron chi connectivity index (χ0n) is 12.1. The van der Waals surface area contributed by atoms with Crippen LogP contribution in [0.3, 0.4) is 0 Å². The van der Waals surface area contributed by atoms with Gasteiger partial charge in [-0.25, -0.2) is 0 Å². The maximum Gasteiger partial charge on any atom is 0.293 e. The topological polar surface area (TPSA) is 79.8 Å². The molecule has 0 unspecified atom stereocenters. The molecule has 6 nitrogen and oxygen atoms in total. The second-order valence-electron chi connectivity index (χ2n) is 4.58. The summed E-state index contributed by atoms with van der Waals surface area (Å²) in [6.07, 6.45) is 3.32. The van der Waals surface area contributed by atoms with E-state index in [1.807, 2.05) is 5.51 Å². The fourth-order valence-electron chi connectivity index (χ4n) is 2.15. The van der Waals surface area contributed by atoms with Gasteiger partial charge in [0.1, 0.15) is 0 Å². The number of carbonyl (C=O) groups excluding carboxylic acids is 1. The number of hydrogen-bond acceptors (Lipinski definition) is 5. The van der Waals surface area contributed by atoms with Crippen molar-refractivity contribution < 1.29 is 14.1 Å². The molecule has 1 N–H and O–H groups in total. The number of hydrogen-bond donors (Lipinski definition) is 0. The second kappa shape index (κ2) is 7.12. The summed E-state index contributed by atoms with van der Waals surface area (Å²) in [6, 6.07) is 0. The molecule has 0 atom stereocenters. The van der Waals surface area contributed by atoms with Crippen LogP contribution in [0.2, 0.25) is 0 Å². The summed E-state index contributed by atoms with van der Waals surface area (Å²) in [5, 5.41) is 0. The standard InChI is InChI=1S/C14H18N4O2S/c1-3-12-13(4-5-20-9-19)21-8-18(12)7-11-6-16-10(2)17-14(11)15/h6,8-9H,3-5,7H2,1-2H3,(H-,15,16,17). The summed E-state index contributed by atoms with van der Waals surface area (Å²) >= 11 is 1.64. The Hall–Kier alpha value is -2.02. The lowest BCUT2D eigenvalue weighted by atomic mass is 10.2. The summed E-state index contributed by atoms with van der Waals surface area (Å²) < 4.78 is 6.88. The highest BCUT2D eigenvalue weighted by atomic mass is 32.1. The number of nitrogens with zero attached hydrogens (tertiary/aromatic N) is 3. The second-order valence-corrected chi connectivity index (χ2v) is 5.52. The molecule has 2 rings (SSSR count). The Bertz CT molecular complexity index is 627. The number of aryl methyl sites for hydroxylation is 1. The average Bonchev–Trinajstić information content (AvgIpc) is 2.84. The van der Waals surface area contributed by atoms with Gasteiger partial charge in [0.05, 0.1) is 11.5 Å². The molecule has 0 radical (unpaired) electrons. The van der Waals surface area contributed by atoms with E-state index in [2.05, 4.69) is 21.5 Å². The van der Waals surface area contributed by atoms with Crippen LogP contribution in [0, 0.1) is 6.92 Å². The number of nitrogens with one attached hydrogen (secondary N) is 1. The summed E-state index contributed by atoms with van der Waals surface area (Å²) in [4.78, 5) is 19.6. The molecule has 2 heterocycles. The smallest absolute Gasteiger partial charge is 0.293 e. The third kappa shape index (κ3) is 3.75. The third-order valence-electron chi connectivity index (χ3n) is 3.17. The first-order valence-electron chi connectivity index (χ1n) is 6.73. The Morgan fingerprint density at radius 1 is 1.52 bits per heavy atom. The Morgan fingerprint density at radius 3 is 3.00 bits per heavy atom. The fourth-order valence-corrected chi connectivity index (χ4v) is 3.20. The first kappa shape index (κ1) is 15.4. The van der Waals surface area contributed by atoms with Crippen molar-refractivity contribution in [3.8, 4) is 0 Å². The molecular weight excluding hydrogens is 288 g/mol. The van der Waals surface area contributed by atoms with Crippen LogP contribution in [0.25, 0.3) is 5.73 Å². The van der Waals surface area contributed by atoms with Crippen LogP contribution in [0.15, 0.2) is 11.7 Å². The minimum absolute atomic E-state index is 0.272. The zero-order chi connectivity index (χ0) is 15.2. The highest BCUT2D eigenvalue weighted by molar-refractivity contribution is 7.09. The lowest BCUT2D eigenvalue weighted by Gasteiger charge is -2.10. The molecule has 0 spiro atoms. The van der Waals surface area contributed by atoms with Crippen molar-refractivity contribution in [1.82, 2.24) is 9.97 Å². The van der Waals surface area contributed by atoms with Crippen molar-refractivity contribution in [3.05, 3.63) is 39.4 Å². The van der Waals surface area contributed by atoms with Gasteiger partial charge in [0, 0.05) is 30.4 Å². The molecule has 0 amide bonds. The lowest BCUT2D eigenvalue weighted by molar-refractivity contribution is -0.690. The van der Waals surface area contributed by atoms with Gasteiger partial charge >= 0.3 is 0 Å². The predicted molar refractivity (Wildman–Crippen MR) is 79.5 cm³/mol. The summed E-state index contributed by atoms with van der Waals surface area (Å²) in [5.74, 6) is 0.885. The van der Waals surface area contributed by atoms with Crippen LogP contribution < -0.4 is 4.57 Å². The lowest BCUT2D eigenvalue weighted by Crippen LogP contribution is -2.36. The molecule has 2 aromatic heterocycles. The summed E-state index contributed by atoms with van der Waals surface area (Å²) in [7, 11) is 0. The molecule has 7 heteroatoms. The van der Waals surface area contributed by atoms with E-state index >= 15 is 0 Å². The van der Waals surface area contributed by atoms with Crippen LogP contribution in [0.5, 0.6) is 0 Å². The molecule has 0 saturated carbocycles. The van der Waals surface area contributed by atoms with Gasteiger partial charge < -0.3 is 15.5 Å². The zero-order valence-corrected chi connectivity index (χ0v) is 12.9. The van der Waals surface area contributed by atoms with Crippen LogP contribution >= 0.6 is 11.3 Å². The molecule has 0 aliphatic heterocycles. The van der Waals surface area contributed by atoms with E-state index in [0.29, 0.717) is 25.4 Å². The molecule has 0 saturated heterocycles. The van der Waals surface area contributed by atoms with Gasteiger partial charge in [-0.1, -0.05) is 24.1 Å². The summed E-state index contributed by atoms with van der Waals surface area (Å²) in [6.45, 7) is 5.34. The SMILES string of the molecule is CCc1c(CCOC=O)sc[n+]1Cc1cnc(C)nc1[NH-]. The normalized spacial score (nSPS) is 10.6. The van der Waals surface area contributed by atoms with Gasteiger partial charge in [-0.3, -0.25) is 9.78 Å². The van der Waals surface area contributed by atoms with Crippen molar-refractivity contribution >= 4 is 23.6 Å². The Balaban J connectivity index is 2.17. The van der Waals surface area contributed by atoms with E-state index in [1.165, 1.54) is 10.6 Å². The van der Waals surface area contributed by atoms with Gasteiger partial charge in [0.25, 0.3) is 6.47 Å². The first-order chi connectivity index (χ1) is 10.2. The number of aromatic nitrogens is 3. The Labute approximate surface area is 127 Å². The van der Waals surface area contributed by atoms with E-state index in [1.54, 1.807) is 24.5 Å². The van der Waals surface area contributed by atoms with Crippen molar-refractivity contribution in [2.45, 2.75) is 33.2 Å².